The first-order chi connectivity index (χ1) is 9.08. The Balaban J connectivity index is 2.56. The van der Waals surface area contributed by atoms with Gasteiger partial charge in [0.05, 0.1) is 0 Å². The third-order valence-corrected chi connectivity index (χ3v) is 2.36. The van der Waals surface area contributed by atoms with E-state index in [4.69, 9.17) is 4.74 Å². The number of alkyl carbamates (subject to hydrolysis) is 1. The minimum atomic E-state index is -0.886. The van der Waals surface area contributed by atoms with Crippen molar-refractivity contribution in [2.75, 3.05) is 13.1 Å². The van der Waals surface area contributed by atoms with Crippen molar-refractivity contribution in [3.8, 4) is 0 Å². The smallest absolute Gasteiger partial charge is 0.408 e. The zero-order valence-corrected chi connectivity index (χ0v) is 12.0. The van der Waals surface area contributed by atoms with Gasteiger partial charge in [-0.2, -0.15) is 0 Å². The number of hydrogen-bond donors (Lipinski definition) is 2. The number of imide groups is 1. The summed E-state index contributed by atoms with van der Waals surface area (Å²) in [5.41, 5.74) is -0.673. The number of nitrogens with zero attached hydrogens (tertiary/aromatic N) is 1. The normalized spacial score (nSPS) is 17.3. The summed E-state index contributed by atoms with van der Waals surface area (Å²) in [6.45, 7) is 6.16. The lowest BCUT2D eigenvalue weighted by atomic mass is 10.2. The molecule has 1 unspecified atom stereocenters. The van der Waals surface area contributed by atoms with E-state index in [1.165, 1.54) is 6.92 Å². The number of carbonyl (C=O) groups excluding carboxylic acids is 4. The zero-order valence-electron chi connectivity index (χ0n) is 12.0. The molecule has 1 heterocycles. The molecule has 2 N–H and O–H groups in total. The monoisotopic (exact) mass is 285 g/mol. The lowest BCUT2D eigenvalue weighted by molar-refractivity contribution is -0.146. The molecule has 1 rings (SSSR count). The van der Waals surface area contributed by atoms with Crippen LogP contribution in [0, 0.1) is 0 Å². The number of carbonyl (C=O) groups is 4. The van der Waals surface area contributed by atoms with Gasteiger partial charge in [0.1, 0.15) is 24.7 Å². The highest BCUT2D eigenvalue weighted by atomic mass is 16.6. The molecule has 20 heavy (non-hydrogen) atoms. The third kappa shape index (κ3) is 4.87. The van der Waals surface area contributed by atoms with Crippen LogP contribution in [0.2, 0.25) is 0 Å². The van der Waals surface area contributed by atoms with Gasteiger partial charge in [-0.25, -0.2) is 4.79 Å². The van der Waals surface area contributed by atoms with E-state index in [0.29, 0.717) is 0 Å². The van der Waals surface area contributed by atoms with E-state index in [9.17, 15) is 19.2 Å². The summed E-state index contributed by atoms with van der Waals surface area (Å²) in [6, 6.07) is -0.886. The minimum absolute atomic E-state index is 0.203. The Bertz CT molecular complexity index is 425. The highest BCUT2D eigenvalue weighted by Gasteiger charge is 2.30. The van der Waals surface area contributed by atoms with E-state index >= 15 is 0 Å². The summed E-state index contributed by atoms with van der Waals surface area (Å²) >= 11 is 0. The van der Waals surface area contributed by atoms with Crippen molar-refractivity contribution in [2.24, 2.45) is 0 Å². The molecule has 1 fully saturated rings. The molecule has 0 aromatic heterocycles. The van der Waals surface area contributed by atoms with Crippen LogP contribution in [0.15, 0.2) is 0 Å². The van der Waals surface area contributed by atoms with Crippen LogP contribution in [0.5, 0.6) is 0 Å². The van der Waals surface area contributed by atoms with E-state index in [-0.39, 0.29) is 13.1 Å². The van der Waals surface area contributed by atoms with Crippen LogP contribution in [0.3, 0.4) is 0 Å². The molecule has 1 atom stereocenters. The maximum absolute atomic E-state index is 12.0. The summed E-state index contributed by atoms with van der Waals surface area (Å²) in [4.78, 5) is 47.0. The Morgan fingerprint density at radius 3 is 2.20 bits per heavy atom. The number of piperazine rings is 1. The zero-order chi connectivity index (χ0) is 15.5. The van der Waals surface area contributed by atoms with Gasteiger partial charge in [0.2, 0.25) is 17.7 Å². The number of amides is 4. The van der Waals surface area contributed by atoms with Crippen molar-refractivity contribution in [2.45, 2.75) is 39.3 Å². The fraction of sp³-hybridized carbons (Fsp3) is 0.667. The van der Waals surface area contributed by atoms with Crippen molar-refractivity contribution in [1.82, 2.24) is 15.5 Å². The summed E-state index contributed by atoms with van der Waals surface area (Å²) in [5.74, 6) is -1.60. The number of hydrogen-bond acceptors (Lipinski definition) is 5. The van der Waals surface area contributed by atoms with Crippen molar-refractivity contribution in [3.05, 3.63) is 0 Å². The van der Waals surface area contributed by atoms with Crippen molar-refractivity contribution in [3.63, 3.8) is 0 Å². The van der Waals surface area contributed by atoms with E-state index in [1.54, 1.807) is 20.8 Å². The molecule has 0 aromatic rings. The van der Waals surface area contributed by atoms with Gasteiger partial charge in [0.25, 0.3) is 0 Å². The molecule has 0 saturated carbocycles. The second-order valence-electron chi connectivity index (χ2n) is 5.53. The third-order valence-electron chi connectivity index (χ3n) is 2.36. The molecule has 8 heteroatoms. The maximum Gasteiger partial charge on any atom is 0.408 e. The predicted octanol–water partition coefficient (Wildman–Crippen LogP) is -0.615. The Labute approximate surface area is 116 Å². The molecule has 8 nitrogen and oxygen atoms in total. The van der Waals surface area contributed by atoms with Gasteiger partial charge < -0.3 is 15.0 Å². The second kappa shape index (κ2) is 5.89. The highest BCUT2D eigenvalue weighted by molar-refractivity contribution is 6.03. The van der Waals surface area contributed by atoms with E-state index in [0.717, 1.165) is 4.90 Å². The van der Waals surface area contributed by atoms with Crippen LogP contribution >= 0.6 is 0 Å². The first kappa shape index (κ1) is 15.9. The number of rotatable bonds is 2. The van der Waals surface area contributed by atoms with Gasteiger partial charge in [-0.05, 0) is 27.7 Å². The molecule has 4 amide bonds. The molecule has 1 aliphatic heterocycles. The highest BCUT2D eigenvalue weighted by Crippen LogP contribution is 2.07. The first-order valence-corrected chi connectivity index (χ1v) is 6.19. The molecule has 0 spiro atoms. The van der Waals surface area contributed by atoms with Crippen molar-refractivity contribution >= 4 is 23.8 Å². The van der Waals surface area contributed by atoms with Gasteiger partial charge in [-0.15, -0.1) is 0 Å². The lowest BCUT2D eigenvalue weighted by Gasteiger charge is -2.28. The molecule has 0 bridgehead atoms. The number of nitrogens with one attached hydrogen (secondary N) is 2. The maximum atomic E-state index is 12.0. The van der Waals surface area contributed by atoms with Gasteiger partial charge >= 0.3 is 6.09 Å². The standard InChI is InChI=1S/C12H19N3O5/c1-7(13-11(19)20-12(2,3)4)10(18)15-5-8(16)14-9(17)6-15/h7H,5-6H2,1-4H3,(H,13,19)(H,14,16,17). The minimum Gasteiger partial charge on any atom is -0.444 e. The van der Waals surface area contributed by atoms with Crippen LogP contribution in [0.25, 0.3) is 0 Å². The van der Waals surface area contributed by atoms with Gasteiger partial charge in [0, 0.05) is 0 Å². The molecule has 1 saturated heterocycles. The Morgan fingerprint density at radius 1 is 1.25 bits per heavy atom. The van der Waals surface area contributed by atoms with E-state index in [2.05, 4.69) is 10.6 Å². The molecule has 0 aliphatic carbocycles. The summed E-state index contributed by atoms with van der Waals surface area (Å²) in [7, 11) is 0. The van der Waals surface area contributed by atoms with Gasteiger partial charge in [0.15, 0.2) is 0 Å². The fourth-order valence-corrected chi connectivity index (χ4v) is 1.61. The second-order valence-corrected chi connectivity index (χ2v) is 5.53. The van der Waals surface area contributed by atoms with Crippen LogP contribution in [-0.2, 0) is 19.1 Å². The van der Waals surface area contributed by atoms with Crippen LogP contribution < -0.4 is 10.6 Å². The Kier molecular flexibility index (Phi) is 4.69. The summed E-state index contributed by atoms with van der Waals surface area (Å²) in [5, 5.41) is 4.46. The molecular weight excluding hydrogens is 266 g/mol. The molecular formula is C12H19N3O5. The van der Waals surface area contributed by atoms with E-state index < -0.39 is 35.5 Å². The van der Waals surface area contributed by atoms with Crippen LogP contribution in [-0.4, -0.2) is 53.4 Å². The molecule has 0 aromatic carbocycles. The van der Waals surface area contributed by atoms with Gasteiger partial charge in [-0.3, -0.25) is 19.7 Å². The van der Waals surface area contributed by atoms with E-state index in [1.807, 2.05) is 0 Å². The molecule has 1 aliphatic rings. The van der Waals surface area contributed by atoms with Gasteiger partial charge in [-0.1, -0.05) is 0 Å². The quantitative estimate of drug-likeness (QED) is 0.658. The molecule has 0 radical (unpaired) electrons. The van der Waals surface area contributed by atoms with Crippen molar-refractivity contribution < 1.29 is 23.9 Å². The first-order valence-electron chi connectivity index (χ1n) is 6.19. The Morgan fingerprint density at radius 2 is 1.75 bits per heavy atom. The average molecular weight is 285 g/mol. The SMILES string of the molecule is CC(NC(=O)OC(C)(C)C)C(=O)N1CC(=O)NC(=O)C1. The van der Waals surface area contributed by atoms with Crippen molar-refractivity contribution in [1.29, 1.82) is 0 Å². The molecule has 112 valence electrons. The Hall–Kier alpha value is -2.12. The topological polar surface area (TPSA) is 105 Å². The largest absolute Gasteiger partial charge is 0.444 e. The predicted molar refractivity (Wildman–Crippen MR) is 68.6 cm³/mol. The number of ether oxygens (including phenoxy) is 1. The fourth-order valence-electron chi connectivity index (χ4n) is 1.61. The lowest BCUT2D eigenvalue weighted by Crippen LogP contribution is -2.57. The van der Waals surface area contributed by atoms with Crippen LogP contribution in [0.4, 0.5) is 4.79 Å². The van der Waals surface area contributed by atoms with Crippen LogP contribution in [0.1, 0.15) is 27.7 Å². The summed E-state index contributed by atoms with van der Waals surface area (Å²) in [6.07, 6.45) is -0.730. The average Bonchev–Trinajstić information content (AvgIpc) is 2.23. The summed E-state index contributed by atoms with van der Waals surface area (Å²) < 4.78 is 5.02.